The number of hydrazone groups is 1. The Hall–Kier alpha value is -3.20. The molecule has 2 aromatic heterocycles. The van der Waals surface area contributed by atoms with Crippen molar-refractivity contribution in [1.29, 1.82) is 0 Å². The lowest BCUT2D eigenvalue weighted by molar-refractivity contribution is -0.121. The van der Waals surface area contributed by atoms with Crippen LogP contribution >= 0.6 is 11.6 Å². The van der Waals surface area contributed by atoms with Gasteiger partial charge in [-0.05, 0) is 13.0 Å². The van der Waals surface area contributed by atoms with E-state index in [2.05, 4.69) is 15.5 Å². The zero-order chi connectivity index (χ0) is 19.7. The normalized spacial score (nSPS) is 11.8. The van der Waals surface area contributed by atoms with Crippen LogP contribution in [0.2, 0.25) is 5.02 Å². The minimum Gasteiger partial charge on any atom is -0.315 e. The van der Waals surface area contributed by atoms with E-state index in [4.69, 9.17) is 11.6 Å². The van der Waals surface area contributed by atoms with Gasteiger partial charge < -0.3 is 4.57 Å². The minimum atomic E-state index is -0.519. The molecule has 0 saturated carbocycles. The first-order chi connectivity index (χ1) is 12.8. The average molecular weight is 389 g/mol. The number of carbonyl (C=O) groups excluding carboxylic acids is 1. The second kappa shape index (κ2) is 7.20. The topological polar surface area (TPSA) is 103 Å². The predicted molar refractivity (Wildman–Crippen MR) is 102 cm³/mol. The van der Waals surface area contributed by atoms with Crippen LogP contribution in [0.4, 0.5) is 0 Å². The molecule has 27 heavy (non-hydrogen) atoms. The smallest absolute Gasteiger partial charge is 0.315 e. The maximum absolute atomic E-state index is 12.4. The molecule has 3 aromatic rings. The highest BCUT2D eigenvalue weighted by Gasteiger charge is 2.15. The van der Waals surface area contributed by atoms with E-state index >= 15 is 0 Å². The third-order valence-electron chi connectivity index (χ3n) is 4.14. The van der Waals surface area contributed by atoms with Crippen LogP contribution in [0, 0.1) is 0 Å². The number of fused-ring (bicyclic) bond motifs is 1. The summed E-state index contributed by atoms with van der Waals surface area (Å²) in [6, 6.07) is 7.14. The zero-order valence-electron chi connectivity index (χ0n) is 14.9. The molecule has 0 aliphatic heterocycles. The number of aromatic nitrogens is 4. The van der Waals surface area contributed by atoms with Crippen molar-refractivity contribution < 1.29 is 4.79 Å². The number of rotatable bonds is 4. The Kier molecular flexibility index (Phi) is 4.95. The first-order valence-corrected chi connectivity index (χ1v) is 8.38. The lowest BCUT2D eigenvalue weighted by Crippen LogP contribution is -2.38. The third kappa shape index (κ3) is 3.41. The van der Waals surface area contributed by atoms with E-state index in [0.29, 0.717) is 16.3 Å². The molecule has 0 spiro atoms. The number of nitrogens with one attached hydrogen (secondary N) is 1. The Labute approximate surface area is 158 Å². The van der Waals surface area contributed by atoms with Gasteiger partial charge >= 0.3 is 5.69 Å². The van der Waals surface area contributed by atoms with Gasteiger partial charge in [-0.15, -0.1) is 0 Å². The highest BCUT2D eigenvalue weighted by Crippen LogP contribution is 2.15. The summed E-state index contributed by atoms with van der Waals surface area (Å²) in [5.74, 6) is -0.448. The molecule has 0 radical (unpaired) electrons. The van der Waals surface area contributed by atoms with Crippen LogP contribution in [0.5, 0.6) is 0 Å². The Morgan fingerprint density at radius 3 is 2.63 bits per heavy atom. The molecule has 9 nitrogen and oxygen atoms in total. The van der Waals surface area contributed by atoms with Crippen molar-refractivity contribution in [3.8, 4) is 0 Å². The van der Waals surface area contributed by atoms with Crippen molar-refractivity contribution >= 4 is 34.4 Å². The standard InChI is InChI=1S/C17H17ClN6O3/c1-10(11-6-4-5-7-12(11)18)20-21-13(25)8-24-9-19-15-14(24)16(26)23(3)17(27)22(15)2/h4-7,9H,8H2,1-3H3,(H,21,25)/b20-10-. The Bertz CT molecular complexity index is 1190. The Morgan fingerprint density at radius 1 is 1.22 bits per heavy atom. The molecular formula is C17H17ClN6O3. The monoisotopic (exact) mass is 388 g/mol. The number of nitrogens with zero attached hydrogens (tertiary/aromatic N) is 5. The van der Waals surface area contributed by atoms with Crippen LogP contribution in [0.15, 0.2) is 45.3 Å². The lowest BCUT2D eigenvalue weighted by Gasteiger charge is -2.07. The molecule has 10 heteroatoms. The zero-order valence-corrected chi connectivity index (χ0v) is 15.7. The average Bonchev–Trinajstić information content (AvgIpc) is 3.06. The molecular weight excluding hydrogens is 372 g/mol. The first-order valence-electron chi connectivity index (χ1n) is 8.00. The quantitative estimate of drug-likeness (QED) is 0.523. The van der Waals surface area contributed by atoms with Crippen LogP contribution in [0.25, 0.3) is 11.2 Å². The van der Waals surface area contributed by atoms with Crippen molar-refractivity contribution in [1.82, 2.24) is 24.1 Å². The van der Waals surface area contributed by atoms with Gasteiger partial charge in [0.2, 0.25) is 0 Å². The van der Waals surface area contributed by atoms with Crippen molar-refractivity contribution in [3.63, 3.8) is 0 Å². The van der Waals surface area contributed by atoms with Crippen LogP contribution in [-0.2, 0) is 25.4 Å². The van der Waals surface area contributed by atoms with E-state index in [9.17, 15) is 14.4 Å². The second-order valence-electron chi connectivity index (χ2n) is 5.96. The highest BCUT2D eigenvalue weighted by molar-refractivity contribution is 6.34. The molecule has 0 aliphatic carbocycles. The van der Waals surface area contributed by atoms with Gasteiger partial charge in [0.25, 0.3) is 11.5 Å². The van der Waals surface area contributed by atoms with E-state index < -0.39 is 17.2 Å². The molecule has 0 saturated heterocycles. The van der Waals surface area contributed by atoms with Crippen molar-refractivity contribution in [2.75, 3.05) is 0 Å². The van der Waals surface area contributed by atoms with Gasteiger partial charge in [0.05, 0.1) is 12.0 Å². The van der Waals surface area contributed by atoms with Gasteiger partial charge in [0.1, 0.15) is 6.54 Å². The van der Waals surface area contributed by atoms with Crippen LogP contribution in [0.1, 0.15) is 12.5 Å². The van der Waals surface area contributed by atoms with Crippen molar-refractivity contribution in [2.24, 2.45) is 19.2 Å². The molecule has 0 aliphatic rings. The van der Waals surface area contributed by atoms with Crippen molar-refractivity contribution in [3.05, 3.63) is 62.0 Å². The summed E-state index contributed by atoms with van der Waals surface area (Å²) in [6.45, 7) is 1.54. The molecule has 0 fully saturated rings. The van der Waals surface area contributed by atoms with E-state index in [1.807, 2.05) is 6.07 Å². The molecule has 0 bridgehead atoms. The maximum atomic E-state index is 12.4. The summed E-state index contributed by atoms with van der Waals surface area (Å²) in [4.78, 5) is 40.6. The SMILES string of the molecule is C/C(=N/NC(=O)Cn1cnc2c1c(=O)n(C)c(=O)n2C)c1ccccc1Cl. The summed E-state index contributed by atoms with van der Waals surface area (Å²) in [6.07, 6.45) is 1.34. The Morgan fingerprint density at radius 2 is 1.93 bits per heavy atom. The molecule has 1 amide bonds. The number of imidazole rings is 1. The molecule has 1 N–H and O–H groups in total. The van der Waals surface area contributed by atoms with Gasteiger partial charge in [-0.1, -0.05) is 29.8 Å². The number of benzene rings is 1. The van der Waals surface area contributed by atoms with E-state index in [0.717, 1.165) is 4.57 Å². The fourth-order valence-electron chi connectivity index (χ4n) is 2.67. The fraction of sp³-hybridized carbons (Fsp3) is 0.235. The Balaban J connectivity index is 1.85. The van der Waals surface area contributed by atoms with Gasteiger partial charge in [-0.25, -0.2) is 15.2 Å². The largest absolute Gasteiger partial charge is 0.332 e. The number of hydrogen-bond acceptors (Lipinski definition) is 5. The van der Waals surface area contributed by atoms with Gasteiger partial charge in [-0.3, -0.25) is 18.7 Å². The van der Waals surface area contributed by atoms with Gasteiger partial charge in [-0.2, -0.15) is 5.10 Å². The number of halogens is 1. The van der Waals surface area contributed by atoms with Gasteiger partial charge in [0.15, 0.2) is 11.2 Å². The highest BCUT2D eigenvalue weighted by atomic mass is 35.5. The summed E-state index contributed by atoms with van der Waals surface area (Å²) in [5, 5.41) is 4.57. The maximum Gasteiger partial charge on any atom is 0.332 e. The van der Waals surface area contributed by atoms with Crippen LogP contribution in [-0.4, -0.2) is 30.3 Å². The summed E-state index contributed by atoms with van der Waals surface area (Å²) < 4.78 is 3.61. The van der Waals surface area contributed by atoms with Crippen LogP contribution in [0.3, 0.4) is 0 Å². The fourth-order valence-corrected chi connectivity index (χ4v) is 2.94. The molecule has 140 valence electrons. The van der Waals surface area contributed by atoms with E-state index in [-0.39, 0.29) is 17.7 Å². The summed E-state index contributed by atoms with van der Waals surface area (Å²) in [5.41, 5.74) is 3.06. The number of amides is 1. The number of carbonyl (C=O) groups is 1. The van der Waals surface area contributed by atoms with E-state index in [1.165, 1.54) is 29.6 Å². The lowest BCUT2D eigenvalue weighted by atomic mass is 10.1. The van der Waals surface area contributed by atoms with Crippen LogP contribution < -0.4 is 16.7 Å². The molecule has 2 heterocycles. The molecule has 3 rings (SSSR count). The second-order valence-corrected chi connectivity index (χ2v) is 6.37. The molecule has 0 atom stereocenters. The third-order valence-corrected chi connectivity index (χ3v) is 4.47. The number of aryl methyl sites for hydroxylation is 1. The predicted octanol–water partition coefficient (Wildman–Crippen LogP) is 0.628. The molecule has 1 aromatic carbocycles. The van der Waals surface area contributed by atoms with E-state index in [1.54, 1.807) is 25.1 Å². The first kappa shape index (κ1) is 18.6. The van der Waals surface area contributed by atoms with Crippen molar-refractivity contribution in [2.45, 2.75) is 13.5 Å². The minimum absolute atomic E-state index is 0.168. The summed E-state index contributed by atoms with van der Waals surface area (Å²) >= 11 is 6.10. The number of hydrogen-bond donors (Lipinski definition) is 1. The molecule has 0 unspecified atom stereocenters. The summed E-state index contributed by atoms with van der Waals surface area (Å²) in [7, 11) is 2.89. The van der Waals surface area contributed by atoms with Gasteiger partial charge in [0, 0.05) is 24.7 Å².